The molecule has 0 saturated heterocycles. The lowest BCUT2D eigenvalue weighted by Gasteiger charge is -2.11. The number of ether oxygens (including phenoxy) is 1. The number of rotatable bonds is 7. The topological polar surface area (TPSA) is 38.3 Å². The molecule has 0 heterocycles. The van der Waals surface area contributed by atoms with Crippen LogP contribution >= 0.6 is 11.8 Å². The minimum absolute atomic E-state index is 0.171. The van der Waals surface area contributed by atoms with E-state index in [0.717, 1.165) is 11.5 Å². The monoisotopic (exact) mass is 205 g/mol. The Hall–Kier alpha value is -0.220. The first-order valence-corrected chi connectivity index (χ1v) is 5.82. The van der Waals surface area contributed by atoms with Crippen molar-refractivity contribution >= 4 is 17.7 Å². The molecule has 0 fully saturated rings. The van der Waals surface area contributed by atoms with Gasteiger partial charge in [0.25, 0.3) is 0 Å². The summed E-state index contributed by atoms with van der Waals surface area (Å²) in [4.78, 5) is 10.9. The van der Waals surface area contributed by atoms with Crippen LogP contribution in [-0.2, 0) is 9.53 Å². The number of carbonyl (C=O) groups excluding carboxylic acids is 1. The number of thioether (sulfide) groups is 1. The van der Waals surface area contributed by atoms with Gasteiger partial charge in [-0.1, -0.05) is 6.92 Å². The highest BCUT2D eigenvalue weighted by molar-refractivity contribution is 7.99. The largest absolute Gasteiger partial charge is 0.465 e. The Morgan fingerprint density at radius 2 is 2.23 bits per heavy atom. The molecule has 0 rings (SSSR count). The molecule has 0 aliphatic heterocycles. The van der Waals surface area contributed by atoms with Gasteiger partial charge in [-0.2, -0.15) is 11.8 Å². The van der Waals surface area contributed by atoms with Crippen molar-refractivity contribution in [2.75, 3.05) is 24.7 Å². The summed E-state index contributed by atoms with van der Waals surface area (Å²) < 4.78 is 4.79. The molecule has 0 aliphatic rings. The van der Waals surface area contributed by atoms with Crippen LogP contribution in [0.1, 0.15) is 20.8 Å². The fraction of sp³-hybridized carbons (Fsp3) is 0.889. The number of hydrogen-bond donors (Lipinski definition) is 1. The third kappa shape index (κ3) is 8.12. The van der Waals surface area contributed by atoms with Crippen molar-refractivity contribution < 1.29 is 9.53 Å². The van der Waals surface area contributed by atoms with E-state index >= 15 is 0 Å². The molecule has 78 valence electrons. The third-order valence-electron chi connectivity index (χ3n) is 1.47. The number of nitrogens with one attached hydrogen (secondary N) is 1. The molecule has 0 aromatic carbocycles. The molecule has 0 radical (unpaired) electrons. The first-order chi connectivity index (χ1) is 6.20. The smallest absolute Gasteiger partial charge is 0.319 e. The SMILES string of the molecule is CCOC(=O)CNC(C)CSCC. The van der Waals surface area contributed by atoms with Crippen LogP contribution in [0.25, 0.3) is 0 Å². The van der Waals surface area contributed by atoms with Crippen LogP contribution in [0.3, 0.4) is 0 Å². The van der Waals surface area contributed by atoms with Crippen LogP contribution in [0.15, 0.2) is 0 Å². The third-order valence-corrected chi connectivity index (χ3v) is 2.62. The predicted molar refractivity (Wildman–Crippen MR) is 57.1 cm³/mol. The maximum absolute atomic E-state index is 10.9. The Morgan fingerprint density at radius 3 is 2.77 bits per heavy atom. The molecule has 0 aliphatic carbocycles. The van der Waals surface area contributed by atoms with Crippen LogP contribution in [-0.4, -0.2) is 36.7 Å². The maximum atomic E-state index is 10.9. The average Bonchev–Trinajstić information content (AvgIpc) is 2.12. The molecule has 1 atom stereocenters. The van der Waals surface area contributed by atoms with Gasteiger partial charge in [-0.25, -0.2) is 0 Å². The van der Waals surface area contributed by atoms with Crippen LogP contribution in [0.5, 0.6) is 0 Å². The van der Waals surface area contributed by atoms with Crippen LogP contribution in [0.4, 0.5) is 0 Å². The molecule has 1 N–H and O–H groups in total. The van der Waals surface area contributed by atoms with Gasteiger partial charge in [-0.15, -0.1) is 0 Å². The second kappa shape index (κ2) is 8.38. The van der Waals surface area contributed by atoms with E-state index in [4.69, 9.17) is 4.74 Å². The molecule has 0 bridgehead atoms. The molecule has 3 nitrogen and oxygen atoms in total. The van der Waals surface area contributed by atoms with Gasteiger partial charge < -0.3 is 10.1 Å². The van der Waals surface area contributed by atoms with E-state index in [0.29, 0.717) is 19.2 Å². The van der Waals surface area contributed by atoms with Crippen molar-refractivity contribution in [2.24, 2.45) is 0 Å². The van der Waals surface area contributed by atoms with Gasteiger partial charge in [0.05, 0.1) is 13.2 Å². The summed E-state index contributed by atoms with van der Waals surface area (Å²) in [6.07, 6.45) is 0. The van der Waals surface area contributed by atoms with Crippen molar-refractivity contribution in [3.05, 3.63) is 0 Å². The van der Waals surface area contributed by atoms with Crippen LogP contribution in [0.2, 0.25) is 0 Å². The first-order valence-electron chi connectivity index (χ1n) is 4.67. The molecule has 1 unspecified atom stereocenters. The summed E-state index contributed by atoms with van der Waals surface area (Å²) >= 11 is 1.87. The normalized spacial score (nSPS) is 12.5. The van der Waals surface area contributed by atoms with Crippen molar-refractivity contribution in [3.8, 4) is 0 Å². The van der Waals surface area contributed by atoms with E-state index < -0.39 is 0 Å². The maximum Gasteiger partial charge on any atom is 0.319 e. The van der Waals surface area contributed by atoms with E-state index in [2.05, 4.69) is 19.2 Å². The highest BCUT2D eigenvalue weighted by atomic mass is 32.2. The lowest BCUT2D eigenvalue weighted by molar-refractivity contribution is -0.142. The number of carbonyl (C=O) groups is 1. The van der Waals surface area contributed by atoms with Crippen LogP contribution in [0, 0.1) is 0 Å². The zero-order chi connectivity index (χ0) is 10.1. The Kier molecular flexibility index (Phi) is 8.24. The molecule has 0 aromatic heterocycles. The summed E-state index contributed by atoms with van der Waals surface area (Å²) in [5.41, 5.74) is 0. The summed E-state index contributed by atoms with van der Waals surface area (Å²) in [6, 6.07) is 0.370. The first kappa shape index (κ1) is 12.8. The lowest BCUT2D eigenvalue weighted by Crippen LogP contribution is -2.34. The van der Waals surface area contributed by atoms with E-state index in [1.165, 1.54) is 0 Å². The molecule has 0 amide bonds. The Morgan fingerprint density at radius 1 is 1.54 bits per heavy atom. The zero-order valence-corrected chi connectivity index (χ0v) is 9.45. The van der Waals surface area contributed by atoms with Gasteiger partial charge in [0, 0.05) is 11.8 Å². The van der Waals surface area contributed by atoms with E-state index in [1.807, 2.05) is 18.7 Å². The van der Waals surface area contributed by atoms with Gasteiger partial charge in [-0.3, -0.25) is 4.79 Å². The van der Waals surface area contributed by atoms with Gasteiger partial charge in [-0.05, 0) is 19.6 Å². The summed E-state index contributed by atoms with van der Waals surface area (Å²) in [5.74, 6) is 1.98. The average molecular weight is 205 g/mol. The summed E-state index contributed by atoms with van der Waals surface area (Å²) in [6.45, 7) is 6.79. The predicted octanol–water partition coefficient (Wildman–Crippen LogP) is 1.28. The lowest BCUT2D eigenvalue weighted by atomic mass is 10.4. The zero-order valence-electron chi connectivity index (χ0n) is 8.63. The molecule has 4 heteroatoms. The van der Waals surface area contributed by atoms with E-state index in [9.17, 15) is 4.79 Å². The summed E-state index contributed by atoms with van der Waals surface area (Å²) in [7, 11) is 0. The quantitative estimate of drug-likeness (QED) is 0.635. The minimum Gasteiger partial charge on any atom is -0.465 e. The highest BCUT2D eigenvalue weighted by Gasteiger charge is 2.04. The Labute approximate surface area is 84.6 Å². The van der Waals surface area contributed by atoms with Crippen molar-refractivity contribution in [1.82, 2.24) is 5.32 Å². The second-order valence-electron chi connectivity index (χ2n) is 2.75. The van der Waals surface area contributed by atoms with Gasteiger partial charge >= 0.3 is 5.97 Å². The van der Waals surface area contributed by atoms with Gasteiger partial charge in [0.15, 0.2) is 0 Å². The van der Waals surface area contributed by atoms with E-state index in [1.54, 1.807) is 0 Å². The van der Waals surface area contributed by atoms with Crippen molar-refractivity contribution in [2.45, 2.75) is 26.8 Å². The Balaban J connectivity index is 3.34. The van der Waals surface area contributed by atoms with Crippen molar-refractivity contribution in [1.29, 1.82) is 0 Å². The molecule has 0 aromatic rings. The second-order valence-corrected chi connectivity index (χ2v) is 4.07. The Bertz CT molecular complexity index is 142. The van der Waals surface area contributed by atoms with E-state index in [-0.39, 0.29) is 5.97 Å². The van der Waals surface area contributed by atoms with Gasteiger partial charge in [0.1, 0.15) is 0 Å². The minimum atomic E-state index is -0.171. The summed E-state index contributed by atoms with van der Waals surface area (Å²) in [5, 5.41) is 3.11. The fourth-order valence-corrected chi connectivity index (χ4v) is 1.53. The standard InChI is InChI=1S/C9H19NO2S/c1-4-12-9(11)6-10-8(3)7-13-5-2/h8,10H,4-7H2,1-3H3. The number of hydrogen-bond acceptors (Lipinski definition) is 4. The number of esters is 1. The van der Waals surface area contributed by atoms with Crippen LogP contribution < -0.4 is 5.32 Å². The fourth-order valence-electron chi connectivity index (χ4n) is 0.823. The molecule has 0 spiro atoms. The molecule has 0 saturated carbocycles. The molecular formula is C9H19NO2S. The van der Waals surface area contributed by atoms with Gasteiger partial charge in [0.2, 0.25) is 0 Å². The highest BCUT2D eigenvalue weighted by Crippen LogP contribution is 2.00. The van der Waals surface area contributed by atoms with Crippen molar-refractivity contribution in [3.63, 3.8) is 0 Å². The molecule has 13 heavy (non-hydrogen) atoms. The molecular weight excluding hydrogens is 186 g/mol.